The van der Waals surface area contributed by atoms with Crippen molar-refractivity contribution < 1.29 is 0 Å². The van der Waals surface area contributed by atoms with Crippen molar-refractivity contribution in [1.82, 2.24) is 0 Å². The van der Waals surface area contributed by atoms with Crippen LogP contribution in [-0.2, 0) is 6.42 Å². The van der Waals surface area contributed by atoms with Crippen LogP contribution in [-0.4, -0.2) is 11.7 Å². The fraction of sp³-hybridized carbons (Fsp3) is 0.500. The largest absolute Gasteiger partial charge is 0.384 e. The van der Waals surface area contributed by atoms with E-state index in [0.29, 0.717) is 5.16 Å². The van der Waals surface area contributed by atoms with Gasteiger partial charge in [-0.05, 0) is 36.6 Å². The summed E-state index contributed by atoms with van der Waals surface area (Å²) in [5, 5.41) is 3.86. The molecule has 0 amide bonds. The Morgan fingerprint density at radius 2 is 2.21 bits per heavy atom. The number of anilines is 1. The van der Waals surface area contributed by atoms with Gasteiger partial charge in [-0.15, -0.1) is 9.24 Å². The molecule has 0 aliphatic carbocycles. The number of rotatable bonds is 0. The molecule has 2 unspecified atom stereocenters. The zero-order valence-electron chi connectivity index (χ0n) is 8.93. The summed E-state index contributed by atoms with van der Waals surface area (Å²) < 4.78 is 0. The first-order valence-corrected chi connectivity index (χ1v) is 5.77. The topological polar surface area (TPSA) is 12.0 Å². The first-order valence-electron chi connectivity index (χ1n) is 5.19. The van der Waals surface area contributed by atoms with E-state index in [9.17, 15) is 0 Å². The molecule has 14 heavy (non-hydrogen) atoms. The van der Waals surface area contributed by atoms with Crippen molar-refractivity contribution in [3.05, 3.63) is 29.3 Å². The third-order valence-electron chi connectivity index (χ3n) is 2.91. The van der Waals surface area contributed by atoms with Crippen molar-refractivity contribution in [2.24, 2.45) is 0 Å². The lowest BCUT2D eigenvalue weighted by atomic mass is 10.0. The molecule has 0 fully saturated rings. The SMILES string of the molecule is Cc1ccc2c(c1)CCC(C)(P)CN2. The molecule has 0 aromatic heterocycles. The average molecular weight is 207 g/mol. The van der Waals surface area contributed by atoms with Gasteiger partial charge in [0, 0.05) is 12.2 Å². The highest BCUT2D eigenvalue weighted by molar-refractivity contribution is 7.19. The standard InChI is InChI=1S/C12H18NP/c1-9-3-4-11-10(7-9)5-6-12(2,14)8-13-11/h3-4,7,13H,5-6,8,14H2,1-2H3. The molecule has 0 saturated carbocycles. The lowest BCUT2D eigenvalue weighted by Crippen LogP contribution is -2.24. The molecule has 0 spiro atoms. The fourth-order valence-corrected chi connectivity index (χ4v) is 2.15. The molecule has 0 saturated heterocycles. The minimum Gasteiger partial charge on any atom is -0.384 e. The Morgan fingerprint density at radius 1 is 1.43 bits per heavy atom. The Kier molecular flexibility index (Phi) is 2.53. The van der Waals surface area contributed by atoms with Gasteiger partial charge in [0.25, 0.3) is 0 Å². The maximum Gasteiger partial charge on any atom is 0.0373 e. The molecule has 2 rings (SSSR count). The molecule has 1 aromatic rings. The molecule has 0 bridgehead atoms. The number of nitrogens with one attached hydrogen (secondary N) is 1. The van der Waals surface area contributed by atoms with Crippen LogP contribution < -0.4 is 5.32 Å². The lowest BCUT2D eigenvalue weighted by Gasteiger charge is -2.21. The van der Waals surface area contributed by atoms with Crippen LogP contribution in [0.3, 0.4) is 0 Å². The Hall–Kier alpha value is -0.550. The summed E-state index contributed by atoms with van der Waals surface area (Å²) in [5.74, 6) is 0. The third kappa shape index (κ3) is 2.09. The first-order chi connectivity index (χ1) is 6.57. The molecule has 76 valence electrons. The van der Waals surface area contributed by atoms with Gasteiger partial charge in [-0.2, -0.15) is 0 Å². The van der Waals surface area contributed by atoms with Crippen LogP contribution in [0.2, 0.25) is 0 Å². The predicted octanol–water partition coefficient (Wildman–Crippen LogP) is 2.99. The van der Waals surface area contributed by atoms with Crippen LogP contribution in [0.15, 0.2) is 18.2 Å². The second kappa shape index (κ2) is 3.55. The van der Waals surface area contributed by atoms with E-state index < -0.39 is 0 Å². The van der Waals surface area contributed by atoms with Gasteiger partial charge < -0.3 is 5.32 Å². The first kappa shape index (κ1) is 9.98. The molecule has 2 heteroatoms. The van der Waals surface area contributed by atoms with Crippen LogP contribution in [0.4, 0.5) is 5.69 Å². The lowest BCUT2D eigenvalue weighted by molar-refractivity contribution is 0.624. The molecular weight excluding hydrogens is 189 g/mol. The van der Waals surface area contributed by atoms with Gasteiger partial charge in [0.1, 0.15) is 0 Å². The highest BCUT2D eigenvalue weighted by Crippen LogP contribution is 2.31. The summed E-state index contributed by atoms with van der Waals surface area (Å²) in [4.78, 5) is 0. The predicted molar refractivity (Wildman–Crippen MR) is 66.1 cm³/mol. The van der Waals surface area contributed by atoms with Crippen molar-refractivity contribution in [2.45, 2.75) is 31.8 Å². The maximum atomic E-state index is 3.52. The van der Waals surface area contributed by atoms with Gasteiger partial charge in [-0.1, -0.05) is 24.6 Å². The van der Waals surface area contributed by atoms with E-state index in [-0.39, 0.29) is 0 Å². The van der Waals surface area contributed by atoms with Gasteiger partial charge in [-0.3, -0.25) is 0 Å². The molecule has 1 aliphatic heterocycles. The minimum absolute atomic E-state index is 0.340. The van der Waals surface area contributed by atoms with Crippen molar-refractivity contribution in [3.8, 4) is 0 Å². The van der Waals surface area contributed by atoms with E-state index in [1.165, 1.54) is 29.7 Å². The zero-order chi connectivity index (χ0) is 10.2. The van der Waals surface area contributed by atoms with Crippen molar-refractivity contribution in [1.29, 1.82) is 0 Å². The van der Waals surface area contributed by atoms with Crippen molar-refractivity contribution >= 4 is 14.9 Å². The van der Waals surface area contributed by atoms with Crippen molar-refractivity contribution in [2.75, 3.05) is 11.9 Å². The number of benzene rings is 1. The second-order valence-electron chi connectivity index (χ2n) is 4.67. The van der Waals surface area contributed by atoms with E-state index in [2.05, 4.69) is 46.6 Å². The van der Waals surface area contributed by atoms with E-state index in [1.807, 2.05) is 0 Å². The molecule has 1 aliphatic rings. The smallest absolute Gasteiger partial charge is 0.0373 e. The summed E-state index contributed by atoms with van der Waals surface area (Å²) in [6, 6.07) is 6.68. The minimum atomic E-state index is 0.340. The molecule has 1 N–H and O–H groups in total. The van der Waals surface area contributed by atoms with Crippen LogP contribution >= 0.6 is 9.24 Å². The molecule has 0 radical (unpaired) electrons. The molecule has 1 nitrogen and oxygen atoms in total. The summed E-state index contributed by atoms with van der Waals surface area (Å²) in [5.41, 5.74) is 4.15. The third-order valence-corrected chi connectivity index (χ3v) is 3.40. The quantitative estimate of drug-likeness (QED) is 0.645. The Morgan fingerprint density at radius 3 is 3.00 bits per heavy atom. The maximum absolute atomic E-state index is 3.52. The highest BCUT2D eigenvalue weighted by Gasteiger charge is 2.21. The monoisotopic (exact) mass is 207 g/mol. The van der Waals surface area contributed by atoms with Crippen LogP contribution in [0, 0.1) is 6.92 Å². The van der Waals surface area contributed by atoms with Gasteiger partial charge in [0.15, 0.2) is 0 Å². The Labute approximate surface area is 88.5 Å². The summed E-state index contributed by atoms with van der Waals surface area (Å²) >= 11 is 0. The average Bonchev–Trinajstić information content (AvgIpc) is 2.26. The van der Waals surface area contributed by atoms with E-state index >= 15 is 0 Å². The number of aryl methyl sites for hydroxylation is 2. The van der Waals surface area contributed by atoms with E-state index in [1.54, 1.807) is 0 Å². The molecular formula is C12H18NP. The second-order valence-corrected chi connectivity index (χ2v) is 6.06. The van der Waals surface area contributed by atoms with Crippen LogP contribution in [0.25, 0.3) is 0 Å². The Bertz CT molecular complexity index is 344. The zero-order valence-corrected chi connectivity index (χ0v) is 10.1. The Balaban J connectivity index is 2.30. The van der Waals surface area contributed by atoms with Crippen molar-refractivity contribution in [3.63, 3.8) is 0 Å². The van der Waals surface area contributed by atoms with Gasteiger partial charge >= 0.3 is 0 Å². The number of hydrogen-bond donors (Lipinski definition) is 1. The van der Waals surface area contributed by atoms with Crippen LogP contribution in [0.1, 0.15) is 24.5 Å². The van der Waals surface area contributed by atoms with Gasteiger partial charge in [-0.25, -0.2) is 0 Å². The molecule has 2 atom stereocenters. The highest BCUT2D eigenvalue weighted by atomic mass is 31.0. The summed E-state index contributed by atoms with van der Waals surface area (Å²) in [6.45, 7) is 5.50. The van der Waals surface area contributed by atoms with Gasteiger partial charge in [0.2, 0.25) is 0 Å². The van der Waals surface area contributed by atoms with E-state index in [0.717, 1.165) is 6.54 Å². The normalized spacial score (nSPS) is 26.2. The van der Waals surface area contributed by atoms with E-state index in [4.69, 9.17) is 0 Å². The number of fused-ring (bicyclic) bond motifs is 1. The number of hydrogen-bond acceptors (Lipinski definition) is 1. The summed E-state index contributed by atoms with van der Waals surface area (Å²) in [6.07, 6.45) is 2.42. The summed E-state index contributed by atoms with van der Waals surface area (Å²) in [7, 11) is 2.97. The van der Waals surface area contributed by atoms with Gasteiger partial charge in [0.05, 0.1) is 0 Å². The molecule has 1 heterocycles. The fourth-order valence-electron chi connectivity index (χ4n) is 1.91. The molecule has 1 aromatic carbocycles. The van der Waals surface area contributed by atoms with Crippen LogP contribution in [0.5, 0.6) is 0 Å².